The Bertz CT molecular complexity index is 770. The van der Waals surface area contributed by atoms with Crippen LogP contribution in [0, 0.1) is 0 Å². The number of nitrogens with zero attached hydrogens (tertiary/aromatic N) is 3. The van der Waals surface area contributed by atoms with E-state index in [4.69, 9.17) is 10.7 Å². The van der Waals surface area contributed by atoms with E-state index in [9.17, 15) is 4.79 Å². The predicted molar refractivity (Wildman–Crippen MR) is 103 cm³/mol. The smallest absolute Gasteiger partial charge is 0.234 e. The molecule has 2 aromatic heterocycles. The molecule has 0 saturated heterocycles. The Morgan fingerprint density at radius 2 is 2.08 bits per heavy atom. The van der Waals surface area contributed by atoms with E-state index >= 15 is 0 Å². The number of thiophene rings is 1. The van der Waals surface area contributed by atoms with Crippen molar-refractivity contribution >= 4 is 33.3 Å². The molecule has 0 aromatic carbocycles. The molecule has 3 N–H and O–H groups in total. The van der Waals surface area contributed by atoms with Gasteiger partial charge in [-0.3, -0.25) is 9.69 Å². The average molecular weight is 362 g/mol. The van der Waals surface area contributed by atoms with E-state index in [1.54, 1.807) is 11.3 Å². The van der Waals surface area contributed by atoms with E-state index in [2.05, 4.69) is 10.3 Å². The lowest BCUT2D eigenvalue weighted by Crippen LogP contribution is -2.40. The Labute approximate surface area is 152 Å². The molecule has 0 unspecified atom stereocenters. The van der Waals surface area contributed by atoms with Crippen molar-refractivity contribution in [1.82, 2.24) is 20.2 Å². The van der Waals surface area contributed by atoms with E-state index < -0.39 is 0 Å². The number of carbonyl (C=O) groups is 1. The van der Waals surface area contributed by atoms with Gasteiger partial charge in [0, 0.05) is 10.9 Å². The molecule has 6 nitrogen and oxygen atoms in total. The number of likely N-dealkylation sites (N-methyl/N-ethyl adjacent to an activating group) is 1. The lowest BCUT2D eigenvalue weighted by Gasteiger charge is -2.20. The fourth-order valence-corrected chi connectivity index (χ4v) is 4.64. The average Bonchev–Trinajstić information content (AvgIpc) is 2.92. The minimum atomic E-state index is 0.0255. The maximum absolute atomic E-state index is 12.0. The Kier molecular flexibility index (Phi) is 5.54. The van der Waals surface area contributed by atoms with Crippen LogP contribution in [-0.2, 0) is 24.2 Å². The summed E-state index contributed by atoms with van der Waals surface area (Å²) in [5, 5.41) is 3.98. The number of nitrogens with one attached hydrogen (secondary N) is 1. The molecule has 1 aliphatic rings. The number of anilines is 1. The van der Waals surface area contributed by atoms with Crippen molar-refractivity contribution in [2.75, 3.05) is 18.8 Å². The number of carbonyl (C=O) groups excluding carboxylic acids is 1. The molecule has 0 spiro atoms. The maximum Gasteiger partial charge on any atom is 0.234 e. The monoisotopic (exact) mass is 361 g/mol. The topological polar surface area (TPSA) is 84.1 Å². The maximum atomic E-state index is 12.0. The molecule has 0 aliphatic heterocycles. The number of nitrogen functional groups attached to an aromatic ring is 1. The Balaban J connectivity index is 1.80. The molecular weight excluding hydrogens is 334 g/mol. The summed E-state index contributed by atoms with van der Waals surface area (Å²) in [6.07, 6.45) is 4.67. The Hall–Kier alpha value is -1.73. The third-order valence-corrected chi connectivity index (χ3v) is 5.70. The van der Waals surface area contributed by atoms with Gasteiger partial charge in [-0.15, -0.1) is 11.3 Å². The summed E-state index contributed by atoms with van der Waals surface area (Å²) in [4.78, 5) is 25.7. The lowest BCUT2D eigenvalue weighted by atomic mass is 9.97. The van der Waals surface area contributed by atoms with E-state index in [0.29, 0.717) is 24.7 Å². The number of aromatic nitrogens is 2. The largest absolute Gasteiger partial charge is 0.383 e. The summed E-state index contributed by atoms with van der Waals surface area (Å²) in [5.41, 5.74) is 7.63. The van der Waals surface area contributed by atoms with Crippen molar-refractivity contribution in [3.05, 3.63) is 16.3 Å². The molecule has 0 saturated carbocycles. The number of amides is 1. The molecule has 1 aliphatic carbocycles. The fourth-order valence-electron chi connectivity index (χ4n) is 3.35. The first-order chi connectivity index (χ1) is 12.0. The van der Waals surface area contributed by atoms with Crippen LogP contribution in [0.25, 0.3) is 10.2 Å². The molecule has 7 heteroatoms. The molecule has 25 heavy (non-hydrogen) atoms. The number of nitrogens with two attached hydrogens (primary N) is 1. The minimum absolute atomic E-state index is 0.0255. The van der Waals surface area contributed by atoms with Crippen LogP contribution < -0.4 is 11.1 Å². The van der Waals surface area contributed by atoms with E-state index in [-0.39, 0.29) is 11.9 Å². The van der Waals surface area contributed by atoms with Crippen molar-refractivity contribution in [3.63, 3.8) is 0 Å². The van der Waals surface area contributed by atoms with Crippen LogP contribution in [0.1, 0.15) is 49.9 Å². The summed E-state index contributed by atoms with van der Waals surface area (Å²) in [7, 11) is 0. The third kappa shape index (κ3) is 4.10. The van der Waals surface area contributed by atoms with Crippen molar-refractivity contribution in [3.8, 4) is 0 Å². The van der Waals surface area contributed by atoms with Gasteiger partial charge in [0.05, 0.1) is 18.5 Å². The van der Waals surface area contributed by atoms with E-state index in [0.717, 1.165) is 29.6 Å². The van der Waals surface area contributed by atoms with Gasteiger partial charge in [0.2, 0.25) is 5.91 Å². The number of hydrogen-bond donors (Lipinski definition) is 2. The summed E-state index contributed by atoms with van der Waals surface area (Å²) < 4.78 is 0. The molecule has 1 amide bonds. The molecule has 0 atom stereocenters. The Morgan fingerprint density at radius 1 is 1.32 bits per heavy atom. The molecule has 0 fully saturated rings. The van der Waals surface area contributed by atoms with Crippen LogP contribution in [0.5, 0.6) is 0 Å². The minimum Gasteiger partial charge on any atom is -0.383 e. The van der Waals surface area contributed by atoms with Crippen molar-refractivity contribution in [2.45, 2.75) is 59.0 Å². The van der Waals surface area contributed by atoms with Gasteiger partial charge in [0.1, 0.15) is 16.5 Å². The molecular formula is C18H27N5OS. The summed E-state index contributed by atoms with van der Waals surface area (Å²) in [6.45, 7) is 7.60. The van der Waals surface area contributed by atoms with E-state index in [1.807, 2.05) is 25.7 Å². The fraction of sp³-hybridized carbons (Fsp3) is 0.611. The van der Waals surface area contributed by atoms with Crippen molar-refractivity contribution in [1.29, 1.82) is 0 Å². The highest BCUT2D eigenvalue weighted by Gasteiger charge is 2.21. The normalized spacial score (nSPS) is 14.3. The van der Waals surface area contributed by atoms with Gasteiger partial charge in [-0.25, -0.2) is 9.97 Å². The number of aryl methyl sites for hydroxylation is 2. The summed E-state index contributed by atoms with van der Waals surface area (Å²) in [5.74, 6) is 1.31. The highest BCUT2D eigenvalue weighted by molar-refractivity contribution is 7.19. The van der Waals surface area contributed by atoms with Crippen LogP contribution in [0.3, 0.4) is 0 Å². The molecule has 3 rings (SSSR count). The molecule has 0 bridgehead atoms. The summed E-state index contributed by atoms with van der Waals surface area (Å²) >= 11 is 1.76. The van der Waals surface area contributed by atoms with Gasteiger partial charge in [-0.1, -0.05) is 6.92 Å². The summed E-state index contributed by atoms with van der Waals surface area (Å²) in [6, 6.07) is 0.145. The van der Waals surface area contributed by atoms with Gasteiger partial charge in [-0.05, 0) is 51.6 Å². The van der Waals surface area contributed by atoms with Gasteiger partial charge in [0.15, 0.2) is 0 Å². The first kappa shape index (κ1) is 18.1. The second-order valence-electron chi connectivity index (χ2n) is 6.94. The molecule has 136 valence electrons. The predicted octanol–water partition coefficient (Wildman–Crippen LogP) is 2.50. The highest BCUT2D eigenvalue weighted by Crippen LogP contribution is 2.37. The zero-order valence-corrected chi connectivity index (χ0v) is 16.1. The first-order valence-corrected chi connectivity index (χ1v) is 9.88. The zero-order valence-electron chi connectivity index (χ0n) is 15.3. The number of rotatable bonds is 6. The van der Waals surface area contributed by atoms with Crippen LogP contribution >= 0.6 is 11.3 Å². The van der Waals surface area contributed by atoms with Gasteiger partial charge < -0.3 is 11.1 Å². The van der Waals surface area contributed by atoms with Gasteiger partial charge in [-0.2, -0.15) is 0 Å². The zero-order chi connectivity index (χ0) is 18.0. The van der Waals surface area contributed by atoms with Crippen LogP contribution in [-0.4, -0.2) is 39.9 Å². The van der Waals surface area contributed by atoms with Gasteiger partial charge in [0.25, 0.3) is 0 Å². The first-order valence-electron chi connectivity index (χ1n) is 9.06. The third-order valence-electron chi connectivity index (χ3n) is 4.52. The second-order valence-corrected chi connectivity index (χ2v) is 8.03. The van der Waals surface area contributed by atoms with Crippen molar-refractivity contribution in [2.24, 2.45) is 0 Å². The van der Waals surface area contributed by atoms with Crippen molar-refractivity contribution < 1.29 is 4.79 Å². The molecule has 2 heterocycles. The number of hydrogen-bond acceptors (Lipinski definition) is 6. The standard InChI is InChI=1S/C18H27N5OS/c1-4-23(10-15(24)20-11(2)3)9-14-21-17(19)16-12-7-5-6-8-13(12)25-18(16)22-14/h11H,4-10H2,1-3H3,(H,20,24)(H2,19,21,22). The second kappa shape index (κ2) is 7.66. The lowest BCUT2D eigenvalue weighted by molar-refractivity contribution is -0.122. The molecule has 0 radical (unpaired) electrons. The highest BCUT2D eigenvalue weighted by atomic mass is 32.1. The van der Waals surface area contributed by atoms with Crippen LogP contribution in [0.15, 0.2) is 0 Å². The SMILES string of the molecule is CCN(CC(=O)NC(C)C)Cc1nc(N)c2c3c(sc2n1)CCCC3. The number of fused-ring (bicyclic) bond motifs is 3. The van der Waals surface area contributed by atoms with Crippen LogP contribution in [0.4, 0.5) is 5.82 Å². The Morgan fingerprint density at radius 3 is 2.80 bits per heavy atom. The molecule has 2 aromatic rings. The van der Waals surface area contributed by atoms with Gasteiger partial charge >= 0.3 is 0 Å². The van der Waals surface area contributed by atoms with E-state index in [1.165, 1.54) is 23.3 Å². The van der Waals surface area contributed by atoms with Crippen LogP contribution in [0.2, 0.25) is 0 Å². The quantitative estimate of drug-likeness (QED) is 0.826.